The smallest absolute Gasteiger partial charge is 0.133 e. The second-order valence-corrected chi connectivity index (χ2v) is 7.03. The van der Waals surface area contributed by atoms with Gasteiger partial charge in [-0.2, -0.15) is 0 Å². The number of aryl methyl sites for hydroxylation is 1. The van der Waals surface area contributed by atoms with Crippen molar-refractivity contribution in [3.8, 4) is 0 Å². The summed E-state index contributed by atoms with van der Waals surface area (Å²) in [5.41, 5.74) is 3.57. The molecule has 0 atom stereocenters. The predicted molar refractivity (Wildman–Crippen MR) is 136 cm³/mol. The molecule has 164 valence electrons. The first-order valence-corrected chi connectivity index (χ1v) is 9.82. The Kier molecular flexibility index (Phi) is 10.1. The Morgan fingerprint density at radius 2 is 1.73 bits per heavy atom. The average Bonchev–Trinajstić information content (AvgIpc) is 3.08. The van der Waals surface area contributed by atoms with Crippen LogP contribution in [-0.2, 0) is 0 Å². The van der Waals surface area contributed by atoms with Crippen LogP contribution in [0.15, 0.2) is 36.8 Å². The first-order chi connectivity index (χ1) is 13.2. The third kappa shape index (κ3) is 4.92. The van der Waals surface area contributed by atoms with E-state index in [1.54, 1.807) is 0 Å². The van der Waals surface area contributed by atoms with E-state index in [0.29, 0.717) is 0 Å². The Balaban J connectivity index is 0.00000150. The van der Waals surface area contributed by atoms with E-state index in [2.05, 4.69) is 58.1 Å². The molecule has 0 aliphatic rings. The highest BCUT2D eigenvalue weighted by atomic mass is 35.5. The molecule has 0 unspecified atom stereocenters. The second-order valence-electron chi connectivity index (χ2n) is 7.03. The van der Waals surface area contributed by atoms with Gasteiger partial charge in [-0.1, -0.05) is 13.8 Å². The van der Waals surface area contributed by atoms with Crippen LogP contribution in [0.1, 0.15) is 25.8 Å². The number of rotatable bonds is 7. The Bertz CT molecular complexity index is 1090. The molecule has 0 aliphatic heterocycles. The molecule has 0 spiro atoms. The maximum Gasteiger partial charge on any atom is 0.133 e. The number of nitrogens with one attached hydrogen (secondary N) is 2. The minimum absolute atomic E-state index is 0. The second kappa shape index (κ2) is 11.6. The summed E-state index contributed by atoms with van der Waals surface area (Å²) in [4.78, 5) is 14.9. The number of hydrogen-bond donors (Lipinski definition) is 2. The average molecular weight is 471 g/mol. The van der Waals surface area contributed by atoms with Crippen LogP contribution in [-0.4, -0.2) is 46.0 Å². The molecule has 8 heteroatoms. The van der Waals surface area contributed by atoms with Crippen molar-refractivity contribution in [1.82, 2.24) is 19.9 Å². The number of H-pyrrole nitrogens is 1. The van der Waals surface area contributed by atoms with Crippen molar-refractivity contribution in [1.29, 1.82) is 0 Å². The molecule has 0 aliphatic carbocycles. The first-order valence-electron chi connectivity index (χ1n) is 9.82. The van der Waals surface area contributed by atoms with E-state index in [1.807, 2.05) is 24.7 Å². The van der Waals surface area contributed by atoms with Gasteiger partial charge >= 0.3 is 0 Å². The van der Waals surface area contributed by atoms with Crippen molar-refractivity contribution in [3.05, 3.63) is 42.4 Å². The van der Waals surface area contributed by atoms with E-state index < -0.39 is 0 Å². The van der Waals surface area contributed by atoms with Gasteiger partial charge in [-0.25, -0.2) is 4.98 Å². The fraction of sp³-hybridized carbons (Fsp3) is 0.364. The van der Waals surface area contributed by atoms with E-state index in [9.17, 15) is 0 Å². The van der Waals surface area contributed by atoms with Crippen molar-refractivity contribution >= 4 is 75.6 Å². The maximum atomic E-state index is 4.63. The summed E-state index contributed by atoms with van der Waals surface area (Å²) in [5.74, 6) is 0.968. The van der Waals surface area contributed by atoms with Gasteiger partial charge < -0.3 is 15.2 Å². The number of aromatic nitrogens is 3. The number of halogens is 3. The highest BCUT2D eigenvalue weighted by Gasteiger charge is 2.12. The molecule has 4 aromatic rings. The molecule has 0 saturated heterocycles. The molecule has 2 N–H and O–H groups in total. The van der Waals surface area contributed by atoms with E-state index in [-0.39, 0.29) is 37.2 Å². The van der Waals surface area contributed by atoms with Gasteiger partial charge in [0.05, 0.1) is 5.52 Å². The fourth-order valence-electron chi connectivity index (χ4n) is 3.92. The first kappa shape index (κ1) is 26.2. The van der Waals surface area contributed by atoms with Crippen molar-refractivity contribution in [2.24, 2.45) is 0 Å². The van der Waals surface area contributed by atoms with Gasteiger partial charge in [0, 0.05) is 46.8 Å². The zero-order chi connectivity index (χ0) is 18.8. The molecular weight excluding hydrogens is 441 g/mol. The number of hydrogen-bond acceptors (Lipinski definition) is 4. The van der Waals surface area contributed by atoms with Gasteiger partial charge in [-0.3, -0.25) is 4.98 Å². The Morgan fingerprint density at radius 1 is 0.967 bits per heavy atom. The highest BCUT2D eigenvalue weighted by Crippen LogP contribution is 2.34. The van der Waals surface area contributed by atoms with Crippen LogP contribution < -0.4 is 5.32 Å². The van der Waals surface area contributed by atoms with Gasteiger partial charge in [0.1, 0.15) is 5.82 Å². The van der Waals surface area contributed by atoms with E-state index in [0.717, 1.165) is 49.3 Å². The van der Waals surface area contributed by atoms with E-state index in [1.165, 1.54) is 27.2 Å². The summed E-state index contributed by atoms with van der Waals surface area (Å²) in [6, 6.07) is 6.39. The lowest BCUT2D eigenvalue weighted by atomic mass is 10.0. The number of benzene rings is 1. The van der Waals surface area contributed by atoms with Crippen molar-refractivity contribution in [3.63, 3.8) is 0 Å². The largest absolute Gasteiger partial charge is 0.370 e. The fourth-order valence-corrected chi connectivity index (χ4v) is 3.92. The Morgan fingerprint density at radius 3 is 2.47 bits per heavy atom. The molecule has 0 bridgehead atoms. The lowest BCUT2D eigenvalue weighted by Gasteiger charge is -2.18. The minimum Gasteiger partial charge on any atom is -0.370 e. The lowest BCUT2D eigenvalue weighted by molar-refractivity contribution is 0.303. The number of anilines is 1. The van der Waals surface area contributed by atoms with Gasteiger partial charge in [0.15, 0.2) is 0 Å². The molecular formula is C22H30Cl3N5. The summed E-state index contributed by atoms with van der Waals surface area (Å²) >= 11 is 0. The summed E-state index contributed by atoms with van der Waals surface area (Å²) < 4.78 is 0. The zero-order valence-electron chi connectivity index (χ0n) is 17.6. The van der Waals surface area contributed by atoms with Crippen molar-refractivity contribution in [2.45, 2.75) is 27.2 Å². The summed E-state index contributed by atoms with van der Waals surface area (Å²) in [6.45, 7) is 10.9. The van der Waals surface area contributed by atoms with Crippen molar-refractivity contribution < 1.29 is 0 Å². The standard InChI is InChI=1S/C22H27N5.3ClH/c1-4-27(5-2)12-6-9-24-22-18-13-17-19-14-23-10-8-20(19)26-21(17)15(3)16(18)7-11-25-22;;;/h7-8,10-11,13-14,26H,4-6,9,12H2,1-3H3,(H,24,25);3*1H. The number of fused-ring (bicyclic) bond motifs is 4. The molecule has 0 amide bonds. The van der Waals surface area contributed by atoms with Crippen LogP contribution in [0.25, 0.3) is 32.6 Å². The highest BCUT2D eigenvalue weighted by molar-refractivity contribution is 6.15. The molecule has 1 aromatic carbocycles. The monoisotopic (exact) mass is 469 g/mol. The van der Waals surface area contributed by atoms with Gasteiger partial charge in [-0.05, 0) is 62.1 Å². The predicted octanol–water partition coefficient (Wildman–Crippen LogP) is 5.98. The van der Waals surface area contributed by atoms with Crippen LogP contribution in [0, 0.1) is 6.92 Å². The topological polar surface area (TPSA) is 56.8 Å². The molecule has 4 rings (SSSR count). The Labute approximate surface area is 196 Å². The molecule has 30 heavy (non-hydrogen) atoms. The zero-order valence-corrected chi connectivity index (χ0v) is 20.0. The molecule has 0 saturated carbocycles. The molecule has 0 radical (unpaired) electrons. The van der Waals surface area contributed by atoms with Crippen LogP contribution in [0.3, 0.4) is 0 Å². The molecule has 0 fully saturated rings. The van der Waals surface area contributed by atoms with Crippen LogP contribution in [0.5, 0.6) is 0 Å². The van der Waals surface area contributed by atoms with Crippen molar-refractivity contribution in [2.75, 3.05) is 31.5 Å². The SMILES string of the molecule is CCN(CC)CCCNc1nccc2c(C)c3[nH]c4ccncc4c3cc12.Cl.Cl.Cl. The Hall–Kier alpha value is -1.79. The van der Waals surface area contributed by atoms with Gasteiger partial charge in [-0.15, -0.1) is 37.2 Å². The normalized spacial score (nSPS) is 10.7. The van der Waals surface area contributed by atoms with Crippen LogP contribution in [0.4, 0.5) is 5.82 Å². The van der Waals surface area contributed by atoms with Crippen LogP contribution in [0.2, 0.25) is 0 Å². The summed E-state index contributed by atoms with van der Waals surface area (Å²) in [7, 11) is 0. The lowest BCUT2D eigenvalue weighted by Crippen LogP contribution is -2.25. The third-order valence-corrected chi connectivity index (χ3v) is 5.54. The van der Waals surface area contributed by atoms with Crippen LogP contribution >= 0.6 is 37.2 Å². The van der Waals surface area contributed by atoms with E-state index >= 15 is 0 Å². The molecule has 3 aromatic heterocycles. The third-order valence-electron chi connectivity index (χ3n) is 5.54. The van der Waals surface area contributed by atoms with Gasteiger partial charge in [0.2, 0.25) is 0 Å². The molecule has 5 nitrogen and oxygen atoms in total. The summed E-state index contributed by atoms with van der Waals surface area (Å²) in [6.07, 6.45) is 6.78. The van der Waals surface area contributed by atoms with E-state index in [4.69, 9.17) is 0 Å². The van der Waals surface area contributed by atoms with Gasteiger partial charge in [0.25, 0.3) is 0 Å². The summed E-state index contributed by atoms with van der Waals surface area (Å²) in [5, 5.41) is 8.35. The minimum atomic E-state index is 0. The number of pyridine rings is 2. The maximum absolute atomic E-state index is 4.63. The molecule has 3 heterocycles. The quantitative estimate of drug-likeness (QED) is 0.326. The number of nitrogens with zero attached hydrogens (tertiary/aromatic N) is 3. The number of aromatic amines is 1.